The number of benzene rings is 1. The highest BCUT2D eigenvalue weighted by atomic mass is 35.5. The second kappa shape index (κ2) is 6.78. The van der Waals surface area contributed by atoms with E-state index in [0.29, 0.717) is 37.6 Å². The molecule has 1 heterocycles. The number of hydrogen-bond acceptors (Lipinski definition) is 4. The Morgan fingerprint density at radius 2 is 1.95 bits per heavy atom. The fourth-order valence-corrected chi connectivity index (χ4v) is 2.57. The van der Waals surface area contributed by atoms with E-state index in [1.165, 1.54) is 18.2 Å². The van der Waals surface area contributed by atoms with Gasteiger partial charge in [-0.25, -0.2) is 0 Å². The molecule has 0 radical (unpaired) electrons. The number of halogens is 1. The normalized spacial score (nSPS) is 16.5. The number of hydrogen-bond donors (Lipinski definition) is 2. The summed E-state index contributed by atoms with van der Waals surface area (Å²) < 4.78 is 0. The van der Waals surface area contributed by atoms with Crippen molar-refractivity contribution in [1.29, 1.82) is 0 Å². The van der Waals surface area contributed by atoms with Gasteiger partial charge in [0.2, 0.25) is 0 Å². The maximum atomic E-state index is 12.4. The van der Waals surface area contributed by atoms with Crippen LogP contribution in [0.25, 0.3) is 0 Å². The smallest absolute Gasteiger partial charge is 0.317 e. The van der Waals surface area contributed by atoms with E-state index in [9.17, 15) is 14.7 Å². The number of rotatable bonds is 3. The summed E-state index contributed by atoms with van der Waals surface area (Å²) in [5.41, 5.74) is 0.267. The van der Waals surface area contributed by atoms with Crippen LogP contribution < -0.4 is 0 Å². The van der Waals surface area contributed by atoms with Gasteiger partial charge in [-0.1, -0.05) is 11.6 Å². The van der Waals surface area contributed by atoms with Gasteiger partial charge >= 0.3 is 5.97 Å². The van der Waals surface area contributed by atoms with E-state index in [4.69, 9.17) is 16.7 Å². The SMILES string of the molecule is O=C(O)CN1CCCN(C(=O)c2cc(O)ccc2Cl)CC1. The van der Waals surface area contributed by atoms with Gasteiger partial charge in [-0.05, 0) is 24.6 Å². The molecule has 1 aromatic rings. The Morgan fingerprint density at radius 1 is 1.19 bits per heavy atom. The Kier molecular flexibility index (Phi) is 5.03. The standard InChI is InChI=1S/C14H17ClN2O4/c15-12-3-2-10(18)8-11(12)14(21)17-5-1-4-16(6-7-17)9-13(19)20/h2-3,8,18H,1,4-7,9H2,(H,19,20). The largest absolute Gasteiger partial charge is 0.508 e. The van der Waals surface area contributed by atoms with Crippen molar-refractivity contribution in [3.63, 3.8) is 0 Å². The molecule has 21 heavy (non-hydrogen) atoms. The molecular weight excluding hydrogens is 296 g/mol. The van der Waals surface area contributed by atoms with Crippen LogP contribution in [-0.4, -0.2) is 64.6 Å². The van der Waals surface area contributed by atoms with Gasteiger partial charge < -0.3 is 15.1 Å². The van der Waals surface area contributed by atoms with Crippen molar-refractivity contribution in [3.8, 4) is 5.75 Å². The zero-order valence-electron chi connectivity index (χ0n) is 11.5. The third-order valence-electron chi connectivity index (χ3n) is 3.41. The van der Waals surface area contributed by atoms with E-state index < -0.39 is 5.97 Å². The van der Waals surface area contributed by atoms with Crippen LogP contribution in [-0.2, 0) is 4.79 Å². The van der Waals surface area contributed by atoms with Gasteiger partial charge in [-0.2, -0.15) is 0 Å². The van der Waals surface area contributed by atoms with Gasteiger partial charge in [0, 0.05) is 26.2 Å². The van der Waals surface area contributed by atoms with Gasteiger partial charge in [-0.3, -0.25) is 14.5 Å². The summed E-state index contributed by atoms with van der Waals surface area (Å²) in [5.74, 6) is -1.12. The number of nitrogens with zero attached hydrogens (tertiary/aromatic N) is 2. The van der Waals surface area contributed by atoms with Crippen LogP contribution in [0.4, 0.5) is 0 Å². The van der Waals surface area contributed by atoms with Crippen molar-refractivity contribution in [2.45, 2.75) is 6.42 Å². The summed E-state index contributed by atoms with van der Waals surface area (Å²) in [4.78, 5) is 26.6. The molecule has 0 atom stereocenters. The number of carboxylic acid groups (broad SMARTS) is 1. The zero-order valence-corrected chi connectivity index (χ0v) is 12.2. The molecular formula is C14H17ClN2O4. The van der Waals surface area contributed by atoms with Crippen LogP contribution in [0.5, 0.6) is 5.75 Å². The molecule has 0 aromatic heterocycles. The van der Waals surface area contributed by atoms with Crippen molar-refractivity contribution >= 4 is 23.5 Å². The highest BCUT2D eigenvalue weighted by Gasteiger charge is 2.23. The van der Waals surface area contributed by atoms with E-state index in [2.05, 4.69) is 0 Å². The molecule has 7 heteroatoms. The molecule has 1 amide bonds. The topological polar surface area (TPSA) is 81.1 Å². The molecule has 0 bridgehead atoms. The Labute approximate surface area is 127 Å². The number of aromatic hydroxyl groups is 1. The number of amides is 1. The summed E-state index contributed by atoms with van der Waals surface area (Å²) in [5, 5.41) is 18.6. The molecule has 2 N–H and O–H groups in total. The predicted molar refractivity (Wildman–Crippen MR) is 77.7 cm³/mol. The van der Waals surface area contributed by atoms with Crippen molar-refractivity contribution in [3.05, 3.63) is 28.8 Å². The molecule has 6 nitrogen and oxygen atoms in total. The summed E-state index contributed by atoms with van der Waals surface area (Å²) >= 11 is 6.00. The number of phenols is 1. The molecule has 1 fully saturated rings. The van der Waals surface area contributed by atoms with Crippen LogP contribution in [0.15, 0.2) is 18.2 Å². The highest BCUT2D eigenvalue weighted by Crippen LogP contribution is 2.23. The van der Waals surface area contributed by atoms with Gasteiger partial charge in [-0.15, -0.1) is 0 Å². The Balaban J connectivity index is 2.06. The summed E-state index contributed by atoms with van der Waals surface area (Å²) in [6.07, 6.45) is 0.704. The summed E-state index contributed by atoms with van der Waals surface area (Å²) in [6.45, 7) is 2.12. The summed E-state index contributed by atoms with van der Waals surface area (Å²) in [7, 11) is 0. The van der Waals surface area contributed by atoms with E-state index in [1.807, 2.05) is 0 Å². The van der Waals surface area contributed by atoms with Crippen LogP contribution in [0.2, 0.25) is 5.02 Å². The van der Waals surface area contributed by atoms with Gasteiger partial charge in [0.1, 0.15) is 5.75 Å². The van der Waals surface area contributed by atoms with Crippen molar-refractivity contribution in [1.82, 2.24) is 9.80 Å². The van der Waals surface area contributed by atoms with Crippen LogP contribution in [0.3, 0.4) is 0 Å². The van der Waals surface area contributed by atoms with Crippen LogP contribution in [0.1, 0.15) is 16.8 Å². The Bertz CT molecular complexity index is 550. The second-order valence-electron chi connectivity index (χ2n) is 4.98. The van der Waals surface area contributed by atoms with Gasteiger partial charge in [0.15, 0.2) is 0 Å². The minimum absolute atomic E-state index is 0.00919. The molecule has 1 aliphatic heterocycles. The average molecular weight is 313 g/mol. The van der Waals surface area contributed by atoms with Gasteiger partial charge in [0.25, 0.3) is 5.91 Å². The minimum Gasteiger partial charge on any atom is -0.508 e. The Hall–Kier alpha value is -1.79. The minimum atomic E-state index is -0.870. The lowest BCUT2D eigenvalue weighted by atomic mass is 10.2. The lowest BCUT2D eigenvalue weighted by Gasteiger charge is -2.21. The molecule has 2 rings (SSSR count). The molecule has 0 spiro atoms. The first-order valence-corrected chi connectivity index (χ1v) is 7.07. The van der Waals surface area contributed by atoms with Crippen LogP contribution >= 0.6 is 11.6 Å². The fourth-order valence-electron chi connectivity index (χ4n) is 2.37. The average Bonchev–Trinajstić information content (AvgIpc) is 2.66. The van der Waals surface area contributed by atoms with E-state index in [0.717, 1.165) is 0 Å². The first kappa shape index (κ1) is 15.6. The molecule has 1 saturated heterocycles. The summed E-state index contributed by atoms with van der Waals surface area (Å²) in [6, 6.07) is 4.26. The molecule has 114 valence electrons. The van der Waals surface area contributed by atoms with E-state index >= 15 is 0 Å². The predicted octanol–water partition coefficient (Wildman–Crippen LogP) is 1.28. The quantitative estimate of drug-likeness (QED) is 0.878. The third-order valence-corrected chi connectivity index (χ3v) is 3.74. The Morgan fingerprint density at radius 3 is 2.67 bits per heavy atom. The van der Waals surface area contributed by atoms with Gasteiger partial charge in [0.05, 0.1) is 17.1 Å². The first-order chi connectivity index (χ1) is 9.97. The molecule has 0 saturated carbocycles. The van der Waals surface area contributed by atoms with Crippen LogP contribution in [0, 0.1) is 0 Å². The molecule has 0 aliphatic carbocycles. The third kappa shape index (κ3) is 4.09. The molecule has 0 unspecified atom stereocenters. The number of carbonyl (C=O) groups excluding carboxylic acids is 1. The second-order valence-corrected chi connectivity index (χ2v) is 5.39. The maximum absolute atomic E-state index is 12.4. The lowest BCUT2D eigenvalue weighted by molar-refractivity contribution is -0.138. The van der Waals surface area contributed by atoms with Crippen molar-refractivity contribution < 1.29 is 19.8 Å². The first-order valence-electron chi connectivity index (χ1n) is 6.69. The van der Waals surface area contributed by atoms with E-state index in [-0.39, 0.29) is 23.8 Å². The number of phenolic OH excluding ortho intramolecular Hbond substituents is 1. The van der Waals surface area contributed by atoms with Crippen molar-refractivity contribution in [2.75, 3.05) is 32.7 Å². The highest BCUT2D eigenvalue weighted by molar-refractivity contribution is 6.33. The zero-order chi connectivity index (χ0) is 15.4. The molecule has 1 aliphatic rings. The lowest BCUT2D eigenvalue weighted by Crippen LogP contribution is -2.36. The molecule has 1 aromatic carbocycles. The van der Waals surface area contributed by atoms with E-state index in [1.54, 1.807) is 9.80 Å². The maximum Gasteiger partial charge on any atom is 0.317 e. The number of carbonyl (C=O) groups is 2. The number of aliphatic carboxylic acids is 1. The fraction of sp³-hybridized carbons (Fsp3) is 0.429. The monoisotopic (exact) mass is 312 g/mol. The van der Waals surface area contributed by atoms with Crippen molar-refractivity contribution in [2.24, 2.45) is 0 Å². The number of carboxylic acids is 1.